The van der Waals surface area contributed by atoms with Gasteiger partial charge in [0.1, 0.15) is 11.6 Å². The maximum atomic E-state index is 11.9. The first-order valence-corrected chi connectivity index (χ1v) is 6.58. The largest absolute Gasteiger partial charge is 0.504 e. The van der Waals surface area contributed by atoms with Crippen molar-refractivity contribution in [2.45, 2.75) is 6.42 Å². The van der Waals surface area contributed by atoms with Crippen LogP contribution in [0.4, 0.5) is 5.82 Å². The fourth-order valence-corrected chi connectivity index (χ4v) is 1.75. The van der Waals surface area contributed by atoms with Crippen molar-refractivity contribution < 1.29 is 24.5 Å². The highest BCUT2D eigenvalue weighted by molar-refractivity contribution is 6.11. The molecule has 0 bridgehead atoms. The van der Waals surface area contributed by atoms with Gasteiger partial charge in [0.15, 0.2) is 17.3 Å². The maximum absolute atomic E-state index is 11.9. The summed E-state index contributed by atoms with van der Waals surface area (Å²) < 4.78 is 5.00. The van der Waals surface area contributed by atoms with Crippen molar-refractivity contribution >= 4 is 17.5 Å². The number of pyridine rings is 1. The number of hydrogen-bond acceptors (Lipinski definition) is 6. The summed E-state index contributed by atoms with van der Waals surface area (Å²) in [5, 5.41) is 21.0. The van der Waals surface area contributed by atoms with Gasteiger partial charge in [-0.2, -0.15) is 0 Å². The minimum absolute atomic E-state index is 0.123. The topological polar surface area (TPSA) is 109 Å². The van der Waals surface area contributed by atoms with Crippen molar-refractivity contribution in [2.75, 3.05) is 5.32 Å². The molecule has 1 amide bonds. The third kappa shape index (κ3) is 4.31. The number of Topliss-reactive ketones (excluding diaryl/α,β-unsaturated/α-hetero) is 1. The van der Waals surface area contributed by atoms with Gasteiger partial charge >= 0.3 is 0 Å². The van der Waals surface area contributed by atoms with Crippen molar-refractivity contribution in [1.29, 1.82) is 0 Å². The van der Waals surface area contributed by atoms with Crippen LogP contribution in [-0.4, -0.2) is 26.9 Å². The molecular weight excluding hydrogens is 300 g/mol. The average molecular weight is 314 g/mol. The van der Waals surface area contributed by atoms with Gasteiger partial charge in [0.2, 0.25) is 5.91 Å². The number of amides is 1. The zero-order valence-electron chi connectivity index (χ0n) is 12.0. The van der Waals surface area contributed by atoms with Crippen LogP contribution < -0.4 is 10.1 Å². The molecule has 0 aliphatic carbocycles. The van der Waals surface area contributed by atoms with E-state index in [4.69, 9.17) is 4.74 Å². The van der Waals surface area contributed by atoms with Gasteiger partial charge in [-0.25, -0.2) is 4.98 Å². The number of aromatic hydroxyl groups is 2. The summed E-state index contributed by atoms with van der Waals surface area (Å²) in [5.74, 6) is -1.06. The highest BCUT2D eigenvalue weighted by Gasteiger charge is 2.14. The van der Waals surface area contributed by atoms with Crippen LogP contribution in [0.1, 0.15) is 16.8 Å². The number of ketones is 1. The first-order valence-electron chi connectivity index (χ1n) is 6.58. The van der Waals surface area contributed by atoms with Crippen molar-refractivity contribution in [3.05, 3.63) is 54.9 Å². The second kappa shape index (κ2) is 7.08. The Kier molecular flexibility index (Phi) is 4.93. The summed E-state index contributed by atoms with van der Waals surface area (Å²) >= 11 is 0. The Balaban J connectivity index is 1.96. The molecule has 0 saturated heterocycles. The monoisotopic (exact) mass is 314 g/mol. The molecule has 0 unspecified atom stereocenters. The molecule has 0 fully saturated rings. The van der Waals surface area contributed by atoms with Crippen LogP contribution >= 0.6 is 0 Å². The zero-order valence-corrected chi connectivity index (χ0v) is 12.0. The van der Waals surface area contributed by atoms with Crippen LogP contribution in [0.25, 0.3) is 0 Å². The molecule has 0 saturated carbocycles. The molecule has 1 aromatic heterocycles. The number of carbonyl (C=O) groups excluding carboxylic acids is 2. The second-order valence-corrected chi connectivity index (χ2v) is 4.52. The molecule has 1 heterocycles. The summed E-state index contributed by atoms with van der Waals surface area (Å²) in [7, 11) is 0. The van der Waals surface area contributed by atoms with Crippen LogP contribution in [0.15, 0.2) is 49.4 Å². The van der Waals surface area contributed by atoms with Crippen molar-refractivity contribution in [3.63, 3.8) is 0 Å². The van der Waals surface area contributed by atoms with Crippen LogP contribution in [0.2, 0.25) is 0 Å². The molecule has 118 valence electrons. The third-order valence-electron chi connectivity index (χ3n) is 2.84. The van der Waals surface area contributed by atoms with Crippen molar-refractivity contribution in [3.8, 4) is 17.2 Å². The molecule has 1 aromatic carbocycles. The SMILES string of the molecule is C=COc1ccc(NC(=O)CC(=O)c2ccc(O)c(O)c2)nc1. The number of nitrogens with zero attached hydrogens (tertiary/aromatic N) is 1. The molecule has 2 aromatic rings. The van der Waals surface area contributed by atoms with Crippen molar-refractivity contribution in [1.82, 2.24) is 4.98 Å². The quantitative estimate of drug-likeness (QED) is 0.326. The Morgan fingerprint density at radius 1 is 1.22 bits per heavy atom. The summed E-state index contributed by atoms with van der Waals surface area (Å²) in [5.41, 5.74) is 0.123. The smallest absolute Gasteiger partial charge is 0.233 e. The summed E-state index contributed by atoms with van der Waals surface area (Å²) in [6, 6.07) is 6.72. The average Bonchev–Trinajstić information content (AvgIpc) is 2.52. The molecule has 3 N–H and O–H groups in total. The van der Waals surface area contributed by atoms with E-state index in [0.717, 1.165) is 6.07 Å². The number of phenols is 2. The number of carbonyl (C=O) groups is 2. The van der Waals surface area contributed by atoms with Crippen LogP contribution in [0.3, 0.4) is 0 Å². The standard InChI is InChI=1S/C16H14N2O5/c1-2-23-11-4-6-15(17-9-11)18-16(22)8-13(20)10-3-5-12(19)14(21)7-10/h2-7,9,19,21H,1,8H2,(H,17,18,22). The number of phenolic OH excluding ortho intramolecular Hbond substituents is 2. The Bertz CT molecular complexity index is 741. The number of ether oxygens (including phenoxy) is 1. The predicted molar refractivity (Wildman–Crippen MR) is 82.4 cm³/mol. The van der Waals surface area contributed by atoms with Crippen LogP contribution in [0, 0.1) is 0 Å². The lowest BCUT2D eigenvalue weighted by molar-refractivity contribution is -0.115. The van der Waals surface area contributed by atoms with Crippen molar-refractivity contribution in [2.24, 2.45) is 0 Å². The van der Waals surface area contributed by atoms with Crippen LogP contribution in [0.5, 0.6) is 17.2 Å². The second-order valence-electron chi connectivity index (χ2n) is 4.52. The first-order chi connectivity index (χ1) is 11.0. The Morgan fingerprint density at radius 3 is 2.61 bits per heavy atom. The number of benzene rings is 1. The van der Waals surface area contributed by atoms with E-state index < -0.39 is 23.9 Å². The number of rotatable bonds is 6. The molecule has 0 radical (unpaired) electrons. The number of aromatic nitrogens is 1. The molecule has 0 aliphatic rings. The molecule has 7 nitrogen and oxygen atoms in total. The van der Waals surface area contributed by atoms with E-state index in [2.05, 4.69) is 16.9 Å². The van der Waals surface area contributed by atoms with Gasteiger partial charge in [0.05, 0.1) is 18.9 Å². The van der Waals surface area contributed by atoms with Gasteiger partial charge in [-0.15, -0.1) is 0 Å². The summed E-state index contributed by atoms with van der Waals surface area (Å²) in [6.45, 7) is 3.41. The number of anilines is 1. The third-order valence-corrected chi connectivity index (χ3v) is 2.84. The van der Waals surface area contributed by atoms with Gasteiger partial charge < -0.3 is 20.3 Å². The molecule has 0 atom stereocenters. The zero-order chi connectivity index (χ0) is 16.8. The summed E-state index contributed by atoms with van der Waals surface area (Å²) in [4.78, 5) is 27.7. The Hall–Kier alpha value is -3.35. The van der Waals surface area contributed by atoms with E-state index in [-0.39, 0.29) is 17.1 Å². The predicted octanol–water partition coefficient (Wildman–Crippen LogP) is 2.23. The van der Waals surface area contributed by atoms with Gasteiger partial charge in [-0.3, -0.25) is 9.59 Å². The van der Waals surface area contributed by atoms with Gasteiger partial charge in [0.25, 0.3) is 0 Å². The maximum Gasteiger partial charge on any atom is 0.233 e. The van der Waals surface area contributed by atoms with Gasteiger partial charge in [-0.05, 0) is 30.3 Å². The lowest BCUT2D eigenvalue weighted by Gasteiger charge is -2.06. The molecule has 23 heavy (non-hydrogen) atoms. The molecular formula is C16H14N2O5. The van der Waals surface area contributed by atoms with E-state index in [1.54, 1.807) is 6.07 Å². The lowest BCUT2D eigenvalue weighted by atomic mass is 10.1. The van der Waals surface area contributed by atoms with E-state index in [9.17, 15) is 19.8 Å². The molecule has 7 heteroatoms. The molecule has 0 aliphatic heterocycles. The molecule has 2 rings (SSSR count). The van der Waals surface area contributed by atoms with Gasteiger partial charge in [0, 0.05) is 5.56 Å². The van der Waals surface area contributed by atoms with E-state index in [1.807, 2.05) is 0 Å². The Morgan fingerprint density at radius 2 is 2.00 bits per heavy atom. The fraction of sp³-hybridized carbons (Fsp3) is 0.0625. The highest BCUT2D eigenvalue weighted by atomic mass is 16.5. The summed E-state index contributed by atoms with van der Waals surface area (Å²) in [6.07, 6.45) is 2.23. The Labute approximate surface area is 131 Å². The minimum atomic E-state index is -0.549. The highest BCUT2D eigenvalue weighted by Crippen LogP contribution is 2.25. The van der Waals surface area contributed by atoms with E-state index in [0.29, 0.717) is 5.75 Å². The minimum Gasteiger partial charge on any atom is -0.504 e. The number of hydrogen-bond donors (Lipinski definition) is 3. The first kappa shape index (κ1) is 16.0. The lowest BCUT2D eigenvalue weighted by Crippen LogP contribution is -2.17. The van der Waals surface area contributed by atoms with Crippen LogP contribution in [-0.2, 0) is 4.79 Å². The normalized spacial score (nSPS) is 9.91. The fourth-order valence-electron chi connectivity index (χ4n) is 1.75. The van der Waals surface area contributed by atoms with Gasteiger partial charge in [-0.1, -0.05) is 6.58 Å². The van der Waals surface area contributed by atoms with E-state index in [1.165, 1.54) is 30.7 Å². The van der Waals surface area contributed by atoms with E-state index >= 15 is 0 Å². The number of nitrogens with one attached hydrogen (secondary N) is 1. The molecule has 0 spiro atoms.